The van der Waals surface area contributed by atoms with Gasteiger partial charge in [0.25, 0.3) is 0 Å². The molecule has 2 aliphatic heterocycles. The molecule has 1 aliphatic carbocycles. The van der Waals surface area contributed by atoms with Crippen LogP contribution in [0, 0.1) is 11.8 Å². The Kier molecular flexibility index (Phi) is 6.50. The summed E-state index contributed by atoms with van der Waals surface area (Å²) in [7, 11) is 0. The topological polar surface area (TPSA) is 55.7 Å². The fourth-order valence-electron chi connectivity index (χ4n) is 4.13. The van der Waals surface area contributed by atoms with E-state index < -0.39 is 0 Å². The number of aliphatic hydroxyl groups excluding tert-OH is 1. The Bertz CT molecular complexity index is 518. The van der Waals surface area contributed by atoms with Gasteiger partial charge in [-0.2, -0.15) is 0 Å². The molecule has 0 spiro atoms. The number of rotatable bonds is 5. The number of likely N-dealkylation sites (tertiary alicyclic amines) is 1. The van der Waals surface area contributed by atoms with Crippen LogP contribution >= 0.6 is 0 Å². The quantitative estimate of drug-likeness (QED) is 0.766. The standard InChI is InChI=1S/C14H19NO.C7H15NO.H2/c16-14(7-8-14)13-6-9-15(11-13)10-12-4-2-1-3-5-12;1-2-7(9)6-3-4-8-5-6;/h1-5,13,16H,6-11H2;6-9H,2-5H2,1H3;1H. The van der Waals surface area contributed by atoms with Crippen LogP contribution in [0.25, 0.3) is 0 Å². The van der Waals surface area contributed by atoms with Crippen LogP contribution in [-0.2, 0) is 6.54 Å². The highest BCUT2D eigenvalue weighted by Gasteiger charge is 2.49. The second-order valence-corrected chi connectivity index (χ2v) is 8.04. The van der Waals surface area contributed by atoms with Crippen LogP contribution in [0.4, 0.5) is 0 Å². The first kappa shape index (κ1) is 18.8. The van der Waals surface area contributed by atoms with Crippen molar-refractivity contribution in [1.29, 1.82) is 0 Å². The smallest absolute Gasteiger partial charge is 0.0690 e. The van der Waals surface area contributed by atoms with Gasteiger partial charge in [0, 0.05) is 27.0 Å². The third-order valence-electron chi connectivity index (χ3n) is 6.10. The highest BCUT2D eigenvalue weighted by atomic mass is 16.3. The average molecular weight is 349 g/mol. The van der Waals surface area contributed by atoms with Crippen LogP contribution in [-0.4, -0.2) is 53.0 Å². The van der Waals surface area contributed by atoms with Gasteiger partial charge in [-0.15, -0.1) is 0 Å². The van der Waals surface area contributed by atoms with Crippen molar-refractivity contribution in [1.82, 2.24) is 10.2 Å². The molecular formula is C21H36N2O2. The van der Waals surface area contributed by atoms with Crippen molar-refractivity contribution in [3.05, 3.63) is 35.9 Å². The van der Waals surface area contributed by atoms with Crippen molar-refractivity contribution >= 4 is 0 Å². The Morgan fingerprint density at radius 1 is 1.28 bits per heavy atom. The fourth-order valence-corrected chi connectivity index (χ4v) is 4.13. The van der Waals surface area contributed by atoms with Gasteiger partial charge in [-0.25, -0.2) is 0 Å². The molecule has 3 atom stereocenters. The van der Waals surface area contributed by atoms with Crippen LogP contribution in [0.5, 0.6) is 0 Å². The van der Waals surface area contributed by atoms with E-state index in [4.69, 9.17) is 0 Å². The summed E-state index contributed by atoms with van der Waals surface area (Å²) in [5.41, 5.74) is 1.09. The molecule has 0 amide bonds. The third kappa shape index (κ3) is 5.27. The van der Waals surface area contributed by atoms with Crippen LogP contribution in [0.2, 0.25) is 0 Å². The predicted octanol–water partition coefficient (Wildman–Crippen LogP) is 2.65. The lowest BCUT2D eigenvalue weighted by atomic mass is 10.00. The molecule has 1 aromatic carbocycles. The number of hydrogen-bond acceptors (Lipinski definition) is 4. The van der Waals surface area contributed by atoms with Crippen molar-refractivity contribution < 1.29 is 11.6 Å². The second kappa shape index (κ2) is 8.63. The van der Waals surface area contributed by atoms with Crippen molar-refractivity contribution in [2.24, 2.45) is 11.8 Å². The average Bonchev–Trinajstić information content (AvgIpc) is 3.07. The second-order valence-electron chi connectivity index (χ2n) is 8.04. The Morgan fingerprint density at radius 3 is 2.64 bits per heavy atom. The summed E-state index contributed by atoms with van der Waals surface area (Å²) < 4.78 is 0. The zero-order chi connectivity index (χ0) is 17.7. The van der Waals surface area contributed by atoms with Crippen LogP contribution in [0.3, 0.4) is 0 Å². The van der Waals surface area contributed by atoms with E-state index in [9.17, 15) is 10.2 Å². The SMILES string of the molecule is CCC(O)C1CCNC1.OC1(C2CCN(Cc3ccccc3)C2)CC1.[HH]. The lowest BCUT2D eigenvalue weighted by Crippen LogP contribution is -2.26. The summed E-state index contributed by atoms with van der Waals surface area (Å²) in [4.78, 5) is 2.47. The minimum atomic E-state index is -0.286. The van der Waals surface area contributed by atoms with Crippen LogP contribution < -0.4 is 5.32 Å². The van der Waals surface area contributed by atoms with Crippen LogP contribution in [0.15, 0.2) is 30.3 Å². The molecule has 25 heavy (non-hydrogen) atoms. The first-order chi connectivity index (χ1) is 12.1. The van der Waals surface area contributed by atoms with E-state index in [2.05, 4.69) is 40.5 Å². The zero-order valence-corrected chi connectivity index (χ0v) is 15.5. The molecule has 0 aromatic heterocycles. The lowest BCUT2D eigenvalue weighted by Gasteiger charge is -2.18. The van der Waals surface area contributed by atoms with Gasteiger partial charge in [0.15, 0.2) is 0 Å². The summed E-state index contributed by atoms with van der Waals surface area (Å²) in [5.74, 6) is 1.05. The van der Waals surface area contributed by atoms with E-state index in [1.165, 1.54) is 12.0 Å². The van der Waals surface area contributed by atoms with Gasteiger partial charge >= 0.3 is 0 Å². The number of aliphatic hydroxyl groups is 2. The molecule has 3 unspecified atom stereocenters. The highest BCUT2D eigenvalue weighted by molar-refractivity contribution is 5.15. The third-order valence-corrected chi connectivity index (χ3v) is 6.10. The van der Waals surface area contributed by atoms with Crippen molar-refractivity contribution in [2.45, 2.75) is 57.3 Å². The molecule has 2 saturated heterocycles. The predicted molar refractivity (Wildman–Crippen MR) is 103 cm³/mol. The van der Waals surface area contributed by atoms with Gasteiger partial charge in [-0.1, -0.05) is 37.3 Å². The molecule has 0 radical (unpaired) electrons. The van der Waals surface area contributed by atoms with Gasteiger partial charge in [0.2, 0.25) is 0 Å². The zero-order valence-electron chi connectivity index (χ0n) is 15.5. The molecule has 142 valence electrons. The maximum atomic E-state index is 10.1. The maximum Gasteiger partial charge on any atom is 0.0690 e. The monoisotopic (exact) mass is 348 g/mol. The summed E-state index contributed by atoms with van der Waals surface area (Å²) in [6.07, 6.45) is 5.19. The molecule has 3 N–H and O–H groups in total. The minimum Gasteiger partial charge on any atom is -0.393 e. The number of benzene rings is 1. The highest BCUT2D eigenvalue weighted by Crippen LogP contribution is 2.45. The molecule has 0 bridgehead atoms. The Labute approximate surface area is 153 Å². The Balaban J connectivity index is 0.000000210. The molecule has 3 fully saturated rings. The molecular weight excluding hydrogens is 312 g/mol. The van der Waals surface area contributed by atoms with Gasteiger partial charge in [-0.05, 0) is 56.7 Å². The normalized spacial score (nSPS) is 29.1. The summed E-state index contributed by atoms with van der Waals surface area (Å²) in [5, 5.41) is 22.6. The van der Waals surface area contributed by atoms with E-state index in [1.54, 1.807) is 0 Å². The van der Waals surface area contributed by atoms with Gasteiger partial charge in [0.05, 0.1) is 11.7 Å². The minimum absolute atomic E-state index is 0. The molecule has 1 saturated carbocycles. The van der Waals surface area contributed by atoms with E-state index in [-0.39, 0.29) is 13.1 Å². The number of hydrogen-bond donors (Lipinski definition) is 3. The summed E-state index contributed by atoms with van der Waals surface area (Å²) in [6, 6.07) is 10.6. The van der Waals surface area contributed by atoms with Crippen molar-refractivity contribution in [2.75, 3.05) is 26.2 Å². The fraction of sp³-hybridized carbons (Fsp3) is 0.714. The molecule has 3 aliphatic rings. The van der Waals surface area contributed by atoms with E-state index >= 15 is 0 Å². The Morgan fingerprint density at radius 2 is 2.04 bits per heavy atom. The first-order valence-corrected chi connectivity index (χ1v) is 9.98. The lowest BCUT2D eigenvalue weighted by molar-refractivity contribution is 0.0846. The van der Waals surface area contributed by atoms with Gasteiger partial charge < -0.3 is 15.5 Å². The summed E-state index contributed by atoms with van der Waals surface area (Å²) >= 11 is 0. The molecule has 2 heterocycles. The van der Waals surface area contributed by atoms with E-state index in [0.717, 1.165) is 58.4 Å². The van der Waals surface area contributed by atoms with Crippen molar-refractivity contribution in [3.63, 3.8) is 0 Å². The first-order valence-electron chi connectivity index (χ1n) is 9.98. The maximum absolute atomic E-state index is 10.1. The molecule has 4 heteroatoms. The number of nitrogens with one attached hydrogen (secondary N) is 1. The largest absolute Gasteiger partial charge is 0.393 e. The van der Waals surface area contributed by atoms with E-state index in [0.29, 0.717) is 11.8 Å². The van der Waals surface area contributed by atoms with E-state index in [1.807, 2.05) is 6.92 Å². The van der Waals surface area contributed by atoms with Crippen molar-refractivity contribution in [3.8, 4) is 0 Å². The number of nitrogens with zero attached hydrogens (tertiary/aromatic N) is 1. The molecule has 4 nitrogen and oxygen atoms in total. The summed E-state index contributed by atoms with van der Waals surface area (Å²) in [6.45, 7) is 7.38. The van der Waals surface area contributed by atoms with Gasteiger partial charge in [-0.3, -0.25) is 4.90 Å². The Hall–Kier alpha value is -0.940. The van der Waals surface area contributed by atoms with Crippen LogP contribution in [0.1, 0.15) is 46.0 Å². The van der Waals surface area contributed by atoms with Gasteiger partial charge in [0.1, 0.15) is 0 Å². The molecule has 4 rings (SSSR count). The molecule has 1 aromatic rings.